The summed E-state index contributed by atoms with van der Waals surface area (Å²) in [5, 5.41) is 1.07. The van der Waals surface area contributed by atoms with Crippen LogP contribution in [0.3, 0.4) is 0 Å². The minimum atomic E-state index is -0.281. The molecule has 0 radical (unpaired) electrons. The molecule has 3 heteroatoms. The van der Waals surface area contributed by atoms with Crippen LogP contribution in [0, 0.1) is 0 Å². The highest BCUT2D eigenvalue weighted by molar-refractivity contribution is 6.42. The van der Waals surface area contributed by atoms with E-state index in [0.29, 0.717) is 10.0 Å². The monoisotopic (exact) mass is 307 g/mol. The molecule has 0 bridgehead atoms. The van der Waals surface area contributed by atoms with Crippen molar-refractivity contribution in [3.63, 3.8) is 0 Å². The van der Waals surface area contributed by atoms with Crippen molar-refractivity contribution < 1.29 is 0 Å². The molecule has 20 heavy (non-hydrogen) atoms. The summed E-state index contributed by atoms with van der Waals surface area (Å²) in [6, 6.07) is 13.5. The third kappa shape index (κ3) is 3.01. The van der Waals surface area contributed by atoms with Crippen LogP contribution in [0.5, 0.6) is 0 Å². The van der Waals surface area contributed by atoms with E-state index in [1.165, 1.54) is 5.56 Å². The average molecular weight is 308 g/mol. The van der Waals surface area contributed by atoms with Gasteiger partial charge in [0, 0.05) is 0 Å². The fourth-order valence-corrected chi connectivity index (χ4v) is 2.80. The first-order valence-corrected chi connectivity index (χ1v) is 7.37. The van der Waals surface area contributed by atoms with Crippen LogP contribution in [0.15, 0.2) is 42.5 Å². The zero-order chi connectivity index (χ0) is 14.9. The highest BCUT2D eigenvalue weighted by Gasteiger charge is 2.23. The maximum atomic E-state index is 6.44. The predicted octanol–water partition coefficient (Wildman–Crippen LogP) is 5.34. The van der Waals surface area contributed by atoms with Gasteiger partial charge in [-0.25, -0.2) is 0 Å². The Morgan fingerprint density at radius 1 is 0.900 bits per heavy atom. The van der Waals surface area contributed by atoms with Gasteiger partial charge in [-0.1, -0.05) is 80.4 Å². The topological polar surface area (TPSA) is 26.0 Å². The summed E-state index contributed by atoms with van der Waals surface area (Å²) in [6.45, 7) is 6.54. The lowest BCUT2D eigenvalue weighted by Gasteiger charge is -2.26. The van der Waals surface area contributed by atoms with Gasteiger partial charge in [0.15, 0.2) is 0 Å². The van der Waals surface area contributed by atoms with Crippen molar-refractivity contribution in [3.8, 4) is 0 Å². The van der Waals surface area contributed by atoms with Crippen LogP contribution in [-0.2, 0) is 5.41 Å². The van der Waals surface area contributed by atoms with Crippen LogP contribution >= 0.6 is 23.2 Å². The van der Waals surface area contributed by atoms with Crippen LogP contribution in [-0.4, -0.2) is 0 Å². The van der Waals surface area contributed by atoms with Crippen molar-refractivity contribution >= 4 is 23.2 Å². The number of hydrogen-bond acceptors (Lipinski definition) is 1. The molecule has 1 nitrogen and oxygen atoms in total. The standard InChI is InChI=1S/C17H19Cl2N/c1-17(2,3)13-9-5-4-7-11(13)16(20)12-8-6-10-14(18)15(12)19/h4-10,16H,20H2,1-3H3. The zero-order valence-corrected chi connectivity index (χ0v) is 13.5. The Labute approximate surface area is 130 Å². The van der Waals surface area contributed by atoms with Gasteiger partial charge in [0.05, 0.1) is 16.1 Å². The first-order chi connectivity index (χ1) is 9.32. The van der Waals surface area contributed by atoms with Crippen molar-refractivity contribution in [1.29, 1.82) is 0 Å². The number of rotatable bonds is 2. The lowest BCUT2D eigenvalue weighted by atomic mass is 9.81. The summed E-state index contributed by atoms with van der Waals surface area (Å²) >= 11 is 12.4. The Hall–Kier alpha value is -1.02. The Bertz CT molecular complexity index is 615. The van der Waals surface area contributed by atoms with Gasteiger partial charge in [-0.05, 0) is 28.2 Å². The second kappa shape index (κ2) is 5.77. The van der Waals surface area contributed by atoms with Crippen LogP contribution in [0.2, 0.25) is 10.0 Å². The minimum Gasteiger partial charge on any atom is -0.320 e. The molecule has 2 N–H and O–H groups in total. The summed E-state index contributed by atoms with van der Waals surface area (Å²) < 4.78 is 0. The molecule has 0 fully saturated rings. The van der Waals surface area contributed by atoms with Gasteiger partial charge in [-0.15, -0.1) is 0 Å². The maximum Gasteiger partial charge on any atom is 0.0643 e. The van der Waals surface area contributed by atoms with Gasteiger partial charge in [-0.3, -0.25) is 0 Å². The summed E-state index contributed by atoms with van der Waals surface area (Å²) in [6.07, 6.45) is 0. The van der Waals surface area contributed by atoms with Gasteiger partial charge in [0.1, 0.15) is 0 Å². The van der Waals surface area contributed by atoms with Crippen LogP contribution in [0.1, 0.15) is 43.5 Å². The molecule has 0 aliphatic rings. The normalized spacial score (nSPS) is 13.3. The number of hydrogen-bond donors (Lipinski definition) is 1. The third-order valence-electron chi connectivity index (χ3n) is 3.42. The first kappa shape index (κ1) is 15.4. The molecule has 0 saturated carbocycles. The van der Waals surface area contributed by atoms with Crippen molar-refractivity contribution in [2.45, 2.75) is 32.2 Å². The van der Waals surface area contributed by atoms with Crippen LogP contribution < -0.4 is 5.73 Å². The van der Waals surface area contributed by atoms with Gasteiger partial charge < -0.3 is 5.73 Å². The summed E-state index contributed by atoms with van der Waals surface area (Å²) in [7, 11) is 0. The molecule has 1 atom stereocenters. The Morgan fingerprint density at radius 2 is 1.50 bits per heavy atom. The van der Waals surface area contributed by atoms with Gasteiger partial charge in [0.25, 0.3) is 0 Å². The number of benzene rings is 2. The molecule has 0 aromatic heterocycles. The van der Waals surface area contributed by atoms with Crippen molar-refractivity contribution in [3.05, 3.63) is 69.2 Å². The van der Waals surface area contributed by atoms with E-state index in [1.54, 1.807) is 6.07 Å². The second-order valence-electron chi connectivity index (χ2n) is 5.96. The van der Waals surface area contributed by atoms with E-state index in [2.05, 4.69) is 32.9 Å². The van der Waals surface area contributed by atoms with Gasteiger partial charge >= 0.3 is 0 Å². The lowest BCUT2D eigenvalue weighted by molar-refractivity contribution is 0.578. The van der Waals surface area contributed by atoms with E-state index < -0.39 is 0 Å². The van der Waals surface area contributed by atoms with Gasteiger partial charge in [-0.2, -0.15) is 0 Å². The Kier molecular flexibility index (Phi) is 4.43. The van der Waals surface area contributed by atoms with Crippen molar-refractivity contribution in [2.24, 2.45) is 5.73 Å². The van der Waals surface area contributed by atoms with E-state index in [4.69, 9.17) is 28.9 Å². The molecule has 2 aromatic carbocycles. The highest BCUT2D eigenvalue weighted by atomic mass is 35.5. The van der Waals surface area contributed by atoms with Crippen LogP contribution in [0.25, 0.3) is 0 Å². The molecule has 0 amide bonds. The minimum absolute atomic E-state index is 0.0270. The largest absolute Gasteiger partial charge is 0.320 e. The van der Waals surface area contributed by atoms with E-state index in [-0.39, 0.29) is 11.5 Å². The third-order valence-corrected chi connectivity index (χ3v) is 4.25. The van der Waals surface area contributed by atoms with E-state index in [0.717, 1.165) is 11.1 Å². The van der Waals surface area contributed by atoms with E-state index in [1.807, 2.05) is 24.3 Å². The molecule has 0 aliphatic heterocycles. The van der Waals surface area contributed by atoms with Crippen molar-refractivity contribution in [2.75, 3.05) is 0 Å². The average Bonchev–Trinajstić information content (AvgIpc) is 2.40. The van der Waals surface area contributed by atoms with E-state index >= 15 is 0 Å². The molecule has 0 spiro atoms. The fraction of sp³-hybridized carbons (Fsp3) is 0.294. The molecular formula is C17H19Cl2N. The molecule has 2 rings (SSSR count). The second-order valence-corrected chi connectivity index (χ2v) is 6.74. The molecule has 1 unspecified atom stereocenters. The van der Waals surface area contributed by atoms with Crippen LogP contribution in [0.4, 0.5) is 0 Å². The summed E-state index contributed by atoms with van der Waals surface area (Å²) in [5.41, 5.74) is 9.64. The molecule has 2 aromatic rings. The maximum absolute atomic E-state index is 6.44. The summed E-state index contributed by atoms with van der Waals surface area (Å²) in [4.78, 5) is 0. The molecule has 0 saturated heterocycles. The SMILES string of the molecule is CC(C)(C)c1ccccc1C(N)c1cccc(Cl)c1Cl. The Morgan fingerprint density at radius 3 is 2.15 bits per heavy atom. The first-order valence-electron chi connectivity index (χ1n) is 6.61. The fourth-order valence-electron chi connectivity index (χ4n) is 2.38. The quantitative estimate of drug-likeness (QED) is 0.796. The van der Waals surface area contributed by atoms with Crippen molar-refractivity contribution in [1.82, 2.24) is 0 Å². The molecule has 0 heterocycles. The molecule has 0 aliphatic carbocycles. The smallest absolute Gasteiger partial charge is 0.0643 e. The predicted molar refractivity (Wildman–Crippen MR) is 87.6 cm³/mol. The van der Waals surface area contributed by atoms with Gasteiger partial charge in [0.2, 0.25) is 0 Å². The Balaban J connectivity index is 2.55. The number of halogens is 2. The van der Waals surface area contributed by atoms with E-state index in [9.17, 15) is 0 Å². The lowest BCUT2D eigenvalue weighted by Crippen LogP contribution is -2.20. The zero-order valence-electron chi connectivity index (χ0n) is 12.0. The number of nitrogens with two attached hydrogens (primary N) is 1. The molecular weight excluding hydrogens is 289 g/mol. The molecule has 106 valence electrons. The summed E-state index contributed by atoms with van der Waals surface area (Å²) in [5.74, 6) is 0. The highest BCUT2D eigenvalue weighted by Crippen LogP contribution is 2.36.